The Hall–Kier alpha value is -2.74. The van der Waals surface area contributed by atoms with Gasteiger partial charge in [-0.2, -0.15) is 10.2 Å². The van der Waals surface area contributed by atoms with E-state index in [1.165, 1.54) is 11.1 Å². The third-order valence-corrected chi connectivity index (χ3v) is 3.31. The molecule has 0 radical (unpaired) electrons. The number of benzene rings is 2. The van der Waals surface area contributed by atoms with E-state index in [4.69, 9.17) is 0 Å². The zero-order valence-corrected chi connectivity index (χ0v) is 12.7. The van der Waals surface area contributed by atoms with Gasteiger partial charge >= 0.3 is 0 Å². The van der Waals surface area contributed by atoms with Gasteiger partial charge in [-0.3, -0.25) is 0 Å². The van der Waals surface area contributed by atoms with Gasteiger partial charge in [0.25, 0.3) is 0 Å². The van der Waals surface area contributed by atoms with Gasteiger partial charge in [-0.05, 0) is 22.3 Å². The van der Waals surface area contributed by atoms with E-state index in [1.54, 1.807) is 0 Å². The van der Waals surface area contributed by atoms with Crippen molar-refractivity contribution in [1.29, 1.82) is 0 Å². The fraction of sp³-hybridized carbons (Fsp3) is 0.100. The highest BCUT2D eigenvalue weighted by Gasteiger charge is 1.91. The van der Waals surface area contributed by atoms with Crippen molar-refractivity contribution < 1.29 is 0 Å². The Bertz CT molecular complexity index is 600. The van der Waals surface area contributed by atoms with Gasteiger partial charge in [-0.1, -0.05) is 73.8 Å². The third-order valence-electron chi connectivity index (χ3n) is 3.31. The molecule has 0 fully saturated rings. The molecule has 0 saturated heterocycles. The van der Waals surface area contributed by atoms with E-state index in [1.807, 2.05) is 48.8 Å². The van der Waals surface area contributed by atoms with E-state index >= 15 is 0 Å². The van der Waals surface area contributed by atoms with Crippen LogP contribution in [0.4, 0.5) is 0 Å². The molecule has 0 saturated carbocycles. The summed E-state index contributed by atoms with van der Waals surface area (Å²) in [5.74, 6) is 0. The molecule has 2 rings (SSSR count). The van der Waals surface area contributed by atoms with E-state index < -0.39 is 0 Å². The second kappa shape index (κ2) is 8.53. The first-order valence-corrected chi connectivity index (χ1v) is 7.28. The van der Waals surface area contributed by atoms with Crippen LogP contribution in [0.1, 0.15) is 22.3 Å². The highest BCUT2D eigenvalue weighted by atomic mass is 15.2. The summed E-state index contributed by atoms with van der Waals surface area (Å²) in [6.45, 7) is 7.48. The SMILES string of the molecule is C=Cc1ccc(C/C=N/N=C/Cc2ccc(C=C)cc2)cc1. The van der Waals surface area contributed by atoms with Gasteiger partial charge < -0.3 is 0 Å². The minimum absolute atomic E-state index is 0.781. The smallest absolute Gasteiger partial charge is 0.0313 e. The van der Waals surface area contributed by atoms with Crippen LogP contribution in [-0.2, 0) is 12.8 Å². The summed E-state index contributed by atoms with van der Waals surface area (Å²) in [6, 6.07) is 16.5. The van der Waals surface area contributed by atoms with Crippen LogP contribution in [0.2, 0.25) is 0 Å². The van der Waals surface area contributed by atoms with E-state index in [0.717, 1.165) is 24.0 Å². The van der Waals surface area contributed by atoms with Gasteiger partial charge in [0.1, 0.15) is 0 Å². The molecule has 0 aliphatic rings. The van der Waals surface area contributed by atoms with Gasteiger partial charge in [0, 0.05) is 25.3 Å². The molecule has 0 aliphatic carbocycles. The van der Waals surface area contributed by atoms with E-state index in [-0.39, 0.29) is 0 Å². The predicted octanol–water partition coefficient (Wildman–Crippen LogP) is 4.81. The van der Waals surface area contributed by atoms with Crippen molar-refractivity contribution in [3.8, 4) is 0 Å². The molecule has 2 aromatic carbocycles. The quantitative estimate of drug-likeness (QED) is 0.516. The fourth-order valence-corrected chi connectivity index (χ4v) is 1.97. The first-order chi connectivity index (χ1) is 10.8. The molecule has 0 N–H and O–H groups in total. The lowest BCUT2D eigenvalue weighted by atomic mass is 10.1. The Morgan fingerprint density at radius 2 is 1.00 bits per heavy atom. The maximum absolute atomic E-state index is 4.07. The Morgan fingerprint density at radius 1 is 0.636 bits per heavy atom. The third kappa shape index (κ3) is 4.98. The molecule has 2 heteroatoms. The highest BCUT2D eigenvalue weighted by molar-refractivity contribution is 5.65. The average Bonchev–Trinajstić information content (AvgIpc) is 2.59. The zero-order valence-electron chi connectivity index (χ0n) is 12.7. The number of rotatable bonds is 7. The van der Waals surface area contributed by atoms with Crippen molar-refractivity contribution in [2.45, 2.75) is 12.8 Å². The van der Waals surface area contributed by atoms with Crippen molar-refractivity contribution >= 4 is 24.6 Å². The second-order valence-corrected chi connectivity index (χ2v) is 4.90. The summed E-state index contributed by atoms with van der Waals surface area (Å²) in [6.07, 6.45) is 8.87. The summed E-state index contributed by atoms with van der Waals surface area (Å²) in [5, 5.41) is 8.13. The molecule has 22 heavy (non-hydrogen) atoms. The van der Waals surface area contributed by atoms with Gasteiger partial charge in [0.2, 0.25) is 0 Å². The molecule has 0 spiro atoms. The molecule has 0 aromatic heterocycles. The normalized spacial score (nSPS) is 11.1. The number of hydrogen-bond donors (Lipinski definition) is 0. The Balaban J connectivity index is 1.78. The summed E-state index contributed by atoms with van der Waals surface area (Å²) in [5.41, 5.74) is 4.68. The molecule has 110 valence electrons. The maximum atomic E-state index is 4.07. The summed E-state index contributed by atoms with van der Waals surface area (Å²) in [7, 11) is 0. The van der Waals surface area contributed by atoms with Gasteiger partial charge in [0.15, 0.2) is 0 Å². The van der Waals surface area contributed by atoms with Crippen LogP contribution >= 0.6 is 0 Å². The monoisotopic (exact) mass is 288 g/mol. The van der Waals surface area contributed by atoms with Crippen LogP contribution in [-0.4, -0.2) is 12.4 Å². The Kier molecular flexibility index (Phi) is 6.06. The van der Waals surface area contributed by atoms with E-state index in [0.29, 0.717) is 0 Å². The summed E-state index contributed by atoms with van der Waals surface area (Å²) >= 11 is 0. The highest BCUT2D eigenvalue weighted by Crippen LogP contribution is 2.06. The van der Waals surface area contributed by atoms with Crippen molar-refractivity contribution in [2.75, 3.05) is 0 Å². The van der Waals surface area contributed by atoms with Crippen molar-refractivity contribution in [3.63, 3.8) is 0 Å². The lowest BCUT2D eigenvalue weighted by Crippen LogP contribution is -1.87. The Morgan fingerprint density at radius 3 is 1.32 bits per heavy atom. The fourth-order valence-electron chi connectivity index (χ4n) is 1.97. The molecule has 0 aliphatic heterocycles. The molecule has 0 atom stereocenters. The first-order valence-electron chi connectivity index (χ1n) is 7.28. The average molecular weight is 288 g/mol. The molecule has 2 aromatic rings. The number of hydrogen-bond acceptors (Lipinski definition) is 2. The van der Waals surface area contributed by atoms with Gasteiger partial charge in [-0.15, -0.1) is 0 Å². The largest absolute Gasteiger partial charge is 0.164 e. The van der Waals surface area contributed by atoms with Crippen LogP contribution < -0.4 is 0 Å². The van der Waals surface area contributed by atoms with Crippen LogP contribution in [0.5, 0.6) is 0 Å². The summed E-state index contributed by atoms with van der Waals surface area (Å²) < 4.78 is 0. The Labute approximate surface area is 132 Å². The molecule has 0 bridgehead atoms. The predicted molar refractivity (Wildman–Crippen MR) is 97.5 cm³/mol. The maximum Gasteiger partial charge on any atom is 0.0313 e. The molecule has 0 unspecified atom stereocenters. The second-order valence-electron chi connectivity index (χ2n) is 4.90. The zero-order chi connectivity index (χ0) is 15.6. The van der Waals surface area contributed by atoms with Gasteiger partial charge in [-0.25, -0.2) is 0 Å². The van der Waals surface area contributed by atoms with Crippen molar-refractivity contribution in [3.05, 3.63) is 83.9 Å². The molecule has 0 heterocycles. The topological polar surface area (TPSA) is 24.7 Å². The minimum atomic E-state index is 0.781. The van der Waals surface area contributed by atoms with Crippen molar-refractivity contribution in [1.82, 2.24) is 0 Å². The number of nitrogens with zero attached hydrogens (tertiary/aromatic N) is 2. The van der Waals surface area contributed by atoms with Gasteiger partial charge in [0.05, 0.1) is 0 Å². The van der Waals surface area contributed by atoms with E-state index in [9.17, 15) is 0 Å². The van der Waals surface area contributed by atoms with Crippen LogP contribution in [0.3, 0.4) is 0 Å². The summed E-state index contributed by atoms with van der Waals surface area (Å²) in [4.78, 5) is 0. The lowest BCUT2D eigenvalue weighted by Gasteiger charge is -1.97. The standard InChI is InChI=1S/C20H20N2/c1-3-17-5-9-19(10-6-17)13-15-21-22-16-14-20-11-7-18(4-2)8-12-20/h3-12,15-16H,1-2,13-14H2/b21-15+,22-16+. The van der Waals surface area contributed by atoms with Crippen LogP contribution in [0.25, 0.3) is 12.2 Å². The minimum Gasteiger partial charge on any atom is -0.164 e. The van der Waals surface area contributed by atoms with E-state index in [2.05, 4.69) is 47.6 Å². The first kappa shape index (κ1) is 15.6. The lowest BCUT2D eigenvalue weighted by molar-refractivity contribution is 1.20. The molecule has 0 amide bonds. The van der Waals surface area contributed by atoms with Crippen LogP contribution in [0, 0.1) is 0 Å². The molecule has 2 nitrogen and oxygen atoms in total. The molecular formula is C20H20N2. The molecular weight excluding hydrogens is 268 g/mol. The van der Waals surface area contributed by atoms with Crippen LogP contribution in [0.15, 0.2) is 71.9 Å². The van der Waals surface area contributed by atoms with Crippen molar-refractivity contribution in [2.24, 2.45) is 10.2 Å².